The quantitative estimate of drug-likeness (QED) is 0.480. The summed E-state index contributed by atoms with van der Waals surface area (Å²) in [6.45, 7) is 6.82. The van der Waals surface area contributed by atoms with Gasteiger partial charge in [0.2, 0.25) is 0 Å². The minimum absolute atomic E-state index is 0.116. The molecule has 1 aliphatic rings. The van der Waals surface area contributed by atoms with E-state index in [1.54, 1.807) is 14.2 Å². The van der Waals surface area contributed by atoms with Crippen molar-refractivity contribution in [3.63, 3.8) is 0 Å². The van der Waals surface area contributed by atoms with Crippen molar-refractivity contribution in [1.29, 1.82) is 0 Å². The molecule has 0 spiro atoms. The fourth-order valence-electron chi connectivity index (χ4n) is 2.27. The highest BCUT2D eigenvalue weighted by atomic mass is 16.6. The molecule has 21 heavy (non-hydrogen) atoms. The van der Waals surface area contributed by atoms with Gasteiger partial charge in [-0.3, -0.25) is 0 Å². The molecule has 6 heteroatoms. The van der Waals surface area contributed by atoms with E-state index < -0.39 is 0 Å². The highest BCUT2D eigenvalue weighted by Crippen LogP contribution is 2.27. The highest BCUT2D eigenvalue weighted by molar-refractivity contribution is 4.97. The van der Waals surface area contributed by atoms with Crippen LogP contribution in [0.2, 0.25) is 0 Å². The van der Waals surface area contributed by atoms with Gasteiger partial charge in [-0.2, -0.15) is 0 Å². The number of hydrogen-bond donors (Lipinski definition) is 1. The summed E-state index contributed by atoms with van der Waals surface area (Å²) in [5.74, 6) is 0. The van der Waals surface area contributed by atoms with Crippen LogP contribution in [0, 0.1) is 0 Å². The van der Waals surface area contributed by atoms with Crippen molar-refractivity contribution in [2.24, 2.45) is 0 Å². The third-order valence-electron chi connectivity index (χ3n) is 3.49. The van der Waals surface area contributed by atoms with Crippen LogP contribution in [0.15, 0.2) is 0 Å². The van der Waals surface area contributed by atoms with E-state index in [1.165, 1.54) is 0 Å². The molecule has 0 aromatic heterocycles. The Hall–Kier alpha value is -0.240. The van der Waals surface area contributed by atoms with Crippen molar-refractivity contribution >= 4 is 0 Å². The SMILES string of the molecule is CCCNC1CC(OCCOCCOC)C1OCCOC. The van der Waals surface area contributed by atoms with E-state index >= 15 is 0 Å². The topological polar surface area (TPSA) is 58.2 Å². The minimum Gasteiger partial charge on any atom is -0.382 e. The Morgan fingerprint density at radius 3 is 2.29 bits per heavy atom. The molecule has 126 valence electrons. The van der Waals surface area contributed by atoms with E-state index in [9.17, 15) is 0 Å². The van der Waals surface area contributed by atoms with Crippen LogP contribution in [0.25, 0.3) is 0 Å². The van der Waals surface area contributed by atoms with Crippen molar-refractivity contribution < 1.29 is 23.7 Å². The molecule has 0 bridgehead atoms. The lowest BCUT2D eigenvalue weighted by Gasteiger charge is -2.44. The van der Waals surface area contributed by atoms with E-state index in [4.69, 9.17) is 23.7 Å². The molecule has 0 amide bonds. The van der Waals surface area contributed by atoms with Gasteiger partial charge < -0.3 is 29.0 Å². The van der Waals surface area contributed by atoms with Gasteiger partial charge in [-0.1, -0.05) is 6.92 Å². The molecule has 0 heterocycles. The molecule has 0 radical (unpaired) electrons. The molecule has 0 aliphatic heterocycles. The van der Waals surface area contributed by atoms with Crippen LogP contribution in [0.3, 0.4) is 0 Å². The number of ether oxygens (including phenoxy) is 5. The van der Waals surface area contributed by atoms with Gasteiger partial charge in [0.05, 0.1) is 51.8 Å². The largest absolute Gasteiger partial charge is 0.382 e. The third-order valence-corrected chi connectivity index (χ3v) is 3.49. The summed E-state index contributed by atoms with van der Waals surface area (Å²) in [4.78, 5) is 0. The Labute approximate surface area is 128 Å². The van der Waals surface area contributed by atoms with Gasteiger partial charge in [0, 0.05) is 20.3 Å². The fourth-order valence-corrected chi connectivity index (χ4v) is 2.27. The summed E-state index contributed by atoms with van der Waals surface area (Å²) in [5.41, 5.74) is 0. The summed E-state index contributed by atoms with van der Waals surface area (Å²) in [6, 6.07) is 0.390. The van der Waals surface area contributed by atoms with Crippen molar-refractivity contribution in [2.75, 3.05) is 60.4 Å². The summed E-state index contributed by atoms with van der Waals surface area (Å²) in [7, 11) is 3.35. The summed E-state index contributed by atoms with van der Waals surface area (Å²) >= 11 is 0. The number of hydrogen-bond acceptors (Lipinski definition) is 6. The lowest BCUT2D eigenvalue weighted by atomic mass is 9.85. The molecular weight excluding hydrogens is 274 g/mol. The van der Waals surface area contributed by atoms with E-state index in [2.05, 4.69) is 12.2 Å². The van der Waals surface area contributed by atoms with Gasteiger partial charge in [-0.25, -0.2) is 0 Å². The Kier molecular flexibility index (Phi) is 11.0. The zero-order valence-electron chi connectivity index (χ0n) is 13.6. The molecule has 1 aliphatic carbocycles. The van der Waals surface area contributed by atoms with Crippen LogP contribution in [0.1, 0.15) is 19.8 Å². The first kappa shape index (κ1) is 18.8. The van der Waals surface area contributed by atoms with Gasteiger partial charge in [0.25, 0.3) is 0 Å². The summed E-state index contributed by atoms with van der Waals surface area (Å²) in [6.07, 6.45) is 2.39. The zero-order chi connectivity index (χ0) is 15.3. The van der Waals surface area contributed by atoms with Crippen LogP contribution >= 0.6 is 0 Å². The van der Waals surface area contributed by atoms with Crippen molar-refractivity contribution in [3.8, 4) is 0 Å². The van der Waals surface area contributed by atoms with E-state index in [0.29, 0.717) is 45.7 Å². The van der Waals surface area contributed by atoms with E-state index in [0.717, 1.165) is 19.4 Å². The molecule has 3 unspecified atom stereocenters. The molecule has 3 atom stereocenters. The summed E-state index contributed by atoms with van der Waals surface area (Å²) < 4.78 is 27.0. The van der Waals surface area contributed by atoms with Gasteiger partial charge in [0.15, 0.2) is 0 Å². The molecule has 1 rings (SSSR count). The Morgan fingerprint density at radius 2 is 1.57 bits per heavy atom. The standard InChI is InChI=1S/C15H31NO5/c1-4-5-16-13-12-14(15(13)21-10-7-18-3)20-11-9-19-8-6-17-2/h13-16H,4-12H2,1-3H3. The Bertz CT molecular complexity index is 242. The average Bonchev–Trinajstić information content (AvgIpc) is 2.48. The number of nitrogens with one attached hydrogen (secondary N) is 1. The van der Waals surface area contributed by atoms with Crippen molar-refractivity contribution in [2.45, 2.75) is 38.0 Å². The fraction of sp³-hybridized carbons (Fsp3) is 1.00. The normalized spacial score (nSPS) is 25.0. The summed E-state index contributed by atoms with van der Waals surface area (Å²) in [5, 5.41) is 3.50. The number of rotatable bonds is 14. The van der Waals surface area contributed by atoms with Crippen LogP contribution in [-0.4, -0.2) is 78.7 Å². The van der Waals surface area contributed by atoms with E-state index in [-0.39, 0.29) is 12.2 Å². The van der Waals surface area contributed by atoms with E-state index in [1.807, 2.05) is 0 Å². The maximum Gasteiger partial charge on any atom is 0.0991 e. The second-order valence-corrected chi connectivity index (χ2v) is 5.14. The van der Waals surface area contributed by atoms with Gasteiger partial charge >= 0.3 is 0 Å². The molecule has 6 nitrogen and oxygen atoms in total. The van der Waals surface area contributed by atoms with Gasteiger partial charge in [-0.05, 0) is 19.4 Å². The van der Waals surface area contributed by atoms with Crippen molar-refractivity contribution in [1.82, 2.24) is 5.32 Å². The minimum atomic E-state index is 0.116. The monoisotopic (exact) mass is 305 g/mol. The Balaban J connectivity index is 2.15. The predicted molar refractivity (Wildman–Crippen MR) is 80.7 cm³/mol. The lowest BCUT2D eigenvalue weighted by Crippen LogP contribution is -2.60. The van der Waals surface area contributed by atoms with Gasteiger partial charge in [-0.15, -0.1) is 0 Å². The van der Waals surface area contributed by atoms with Crippen LogP contribution < -0.4 is 5.32 Å². The molecule has 1 saturated carbocycles. The molecular formula is C15H31NO5. The highest BCUT2D eigenvalue weighted by Gasteiger charge is 2.42. The molecule has 1 N–H and O–H groups in total. The molecule has 0 aromatic rings. The zero-order valence-corrected chi connectivity index (χ0v) is 13.6. The average molecular weight is 305 g/mol. The van der Waals surface area contributed by atoms with Crippen LogP contribution in [-0.2, 0) is 23.7 Å². The van der Waals surface area contributed by atoms with Crippen LogP contribution in [0.4, 0.5) is 0 Å². The maximum absolute atomic E-state index is 5.86. The lowest BCUT2D eigenvalue weighted by molar-refractivity contribution is -0.157. The first-order valence-corrected chi connectivity index (χ1v) is 7.85. The second-order valence-electron chi connectivity index (χ2n) is 5.14. The smallest absolute Gasteiger partial charge is 0.0991 e. The number of methoxy groups -OCH3 is 2. The Morgan fingerprint density at radius 1 is 0.905 bits per heavy atom. The van der Waals surface area contributed by atoms with Gasteiger partial charge in [0.1, 0.15) is 0 Å². The third kappa shape index (κ3) is 7.54. The maximum atomic E-state index is 5.86. The predicted octanol–water partition coefficient (Wildman–Crippen LogP) is 0.838. The van der Waals surface area contributed by atoms with Crippen LogP contribution in [0.5, 0.6) is 0 Å². The first-order chi connectivity index (χ1) is 10.3. The first-order valence-electron chi connectivity index (χ1n) is 7.85. The van der Waals surface area contributed by atoms with Crippen molar-refractivity contribution in [3.05, 3.63) is 0 Å². The second kappa shape index (κ2) is 12.3. The molecule has 1 fully saturated rings. The molecule has 0 saturated heterocycles. The molecule has 0 aromatic carbocycles.